The molecule has 3 amide bonds. The molecule has 1 spiro atoms. The highest BCUT2D eigenvalue weighted by atomic mass is 16.5. The van der Waals surface area contributed by atoms with Crippen molar-refractivity contribution in [3.63, 3.8) is 0 Å². The first-order chi connectivity index (χ1) is 12.6. The molecule has 0 unspecified atom stereocenters. The highest BCUT2D eigenvalue weighted by Crippen LogP contribution is 2.41. The van der Waals surface area contributed by atoms with Gasteiger partial charge in [-0.05, 0) is 43.4 Å². The van der Waals surface area contributed by atoms with Gasteiger partial charge >= 0.3 is 6.03 Å². The Kier molecular flexibility index (Phi) is 4.51. The first-order valence-electron chi connectivity index (χ1n) is 9.57. The summed E-state index contributed by atoms with van der Waals surface area (Å²) in [6.45, 7) is 4.37. The molecule has 6 nitrogen and oxygen atoms in total. The van der Waals surface area contributed by atoms with Crippen LogP contribution in [0.1, 0.15) is 31.2 Å². The van der Waals surface area contributed by atoms with Crippen molar-refractivity contribution in [1.82, 2.24) is 14.7 Å². The lowest BCUT2D eigenvalue weighted by Crippen LogP contribution is -2.43. The normalized spacial score (nSPS) is 25.6. The van der Waals surface area contributed by atoms with Gasteiger partial charge in [0.1, 0.15) is 5.75 Å². The second-order valence-electron chi connectivity index (χ2n) is 7.76. The maximum atomic E-state index is 13.1. The third-order valence-electron chi connectivity index (χ3n) is 6.11. The third-order valence-corrected chi connectivity index (χ3v) is 6.11. The summed E-state index contributed by atoms with van der Waals surface area (Å²) in [5.74, 6) is 1.02. The van der Waals surface area contributed by atoms with Gasteiger partial charge in [0.2, 0.25) is 5.91 Å². The van der Waals surface area contributed by atoms with Crippen LogP contribution in [0.3, 0.4) is 0 Å². The first kappa shape index (κ1) is 17.2. The van der Waals surface area contributed by atoms with Crippen LogP contribution in [0.25, 0.3) is 0 Å². The number of benzene rings is 1. The number of amides is 3. The average molecular weight is 357 g/mol. The Morgan fingerprint density at radius 3 is 2.65 bits per heavy atom. The molecule has 0 N–H and O–H groups in total. The summed E-state index contributed by atoms with van der Waals surface area (Å²) in [6.07, 6.45) is 3.83. The van der Waals surface area contributed by atoms with Crippen molar-refractivity contribution in [1.29, 1.82) is 0 Å². The van der Waals surface area contributed by atoms with Crippen molar-refractivity contribution >= 4 is 11.9 Å². The van der Waals surface area contributed by atoms with Crippen molar-refractivity contribution in [3.8, 4) is 5.75 Å². The van der Waals surface area contributed by atoms with E-state index in [0.29, 0.717) is 19.6 Å². The van der Waals surface area contributed by atoms with Crippen LogP contribution >= 0.6 is 0 Å². The van der Waals surface area contributed by atoms with Crippen LogP contribution in [0, 0.1) is 5.41 Å². The molecule has 0 saturated carbocycles. The highest BCUT2D eigenvalue weighted by molar-refractivity contribution is 5.87. The van der Waals surface area contributed by atoms with Crippen LogP contribution in [0.5, 0.6) is 5.75 Å². The Morgan fingerprint density at radius 1 is 1.12 bits per heavy atom. The van der Waals surface area contributed by atoms with Crippen LogP contribution in [0.2, 0.25) is 0 Å². The molecule has 1 atom stereocenters. The van der Waals surface area contributed by atoms with Crippen LogP contribution in [-0.4, -0.2) is 66.5 Å². The minimum Gasteiger partial charge on any atom is -0.497 e. The van der Waals surface area contributed by atoms with Gasteiger partial charge in [-0.3, -0.25) is 4.79 Å². The van der Waals surface area contributed by atoms with Gasteiger partial charge in [0.05, 0.1) is 12.5 Å². The van der Waals surface area contributed by atoms with Gasteiger partial charge in [-0.25, -0.2) is 4.79 Å². The van der Waals surface area contributed by atoms with E-state index in [1.54, 1.807) is 7.11 Å². The Hall–Kier alpha value is -2.24. The lowest BCUT2D eigenvalue weighted by molar-refractivity contribution is -0.135. The van der Waals surface area contributed by atoms with E-state index >= 15 is 0 Å². The van der Waals surface area contributed by atoms with E-state index in [1.165, 1.54) is 0 Å². The summed E-state index contributed by atoms with van der Waals surface area (Å²) in [5, 5.41) is 0. The lowest BCUT2D eigenvalue weighted by atomic mass is 9.85. The molecule has 0 aromatic heterocycles. The fraction of sp³-hybridized carbons (Fsp3) is 0.600. The van der Waals surface area contributed by atoms with Gasteiger partial charge in [0, 0.05) is 39.3 Å². The molecule has 0 bridgehead atoms. The monoisotopic (exact) mass is 357 g/mol. The van der Waals surface area contributed by atoms with Crippen LogP contribution in [0.4, 0.5) is 4.79 Å². The number of ether oxygens (including phenoxy) is 1. The fourth-order valence-corrected chi connectivity index (χ4v) is 4.56. The zero-order valence-corrected chi connectivity index (χ0v) is 15.4. The molecule has 0 radical (unpaired) electrons. The number of hydrogen-bond donors (Lipinski definition) is 0. The Balaban J connectivity index is 1.41. The van der Waals surface area contributed by atoms with E-state index in [-0.39, 0.29) is 17.4 Å². The minimum absolute atomic E-state index is 0.124. The molecule has 3 aliphatic rings. The number of urea groups is 1. The van der Waals surface area contributed by atoms with E-state index in [9.17, 15) is 9.59 Å². The van der Waals surface area contributed by atoms with Crippen molar-refractivity contribution in [2.75, 3.05) is 39.8 Å². The van der Waals surface area contributed by atoms with E-state index in [4.69, 9.17) is 4.74 Å². The molecule has 3 saturated heterocycles. The lowest BCUT2D eigenvalue weighted by Gasteiger charge is -2.26. The molecule has 140 valence electrons. The average Bonchev–Trinajstić information content (AvgIpc) is 3.40. The molecule has 3 fully saturated rings. The predicted molar refractivity (Wildman–Crippen MR) is 97.9 cm³/mol. The number of likely N-dealkylation sites (tertiary alicyclic amines) is 3. The van der Waals surface area contributed by atoms with Crippen LogP contribution < -0.4 is 4.74 Å². The third kappa shape index (κ3) is 3.02. The molecule has 1 aromatic rings. The summed E-state index contributed by atoms with van der Waals surface area (Å²) >= 11 is 0. The molecule has 3 aliphatic heterocycles. The number of rotatable bonds is 3. The summed E-state index contributed by atoms with van der Waals surface area (Å²) in [5.41, 5.74) is 0.714. The van der Waals surface area contributed by atoms with Gasteiger partial charge in [-0.15, -0.1) is 0 Å². The fourth-order valence-electron chi connectivity index (χ4n) is 4.56. The summed E-state index contributed by atoms with van der Waals surface area (Å²) < 4.78 is 5.28. The topological polar surface area (TPSA) is 53.1 Å². The van der Waals surface area contributed by atoms with Crippen molar-refractivity contribution < 1.29 is 14.3 Å². The quantitative estimate of drug-likeness (QED) is 0.834. The van der Waals surface area contributed by atoms with E-state index in [2.05, 4.69) is 0 Å². The summed E-state index contributed by atoms with van der Waals surface area (Å²) in [4.78, 5) is 31.6. The molecule has 26 heavy (non-hydrogen) atoms. The maximum Gasteiger partial charge on any atom is 0.320 e. The smallest absolute Gasteiger partial charge is 0.320 e. The molecule has 6 heteroatoms. The SMILES string of the molecule is COc1cccc(CN2CC[C@@]3(CCN(C(=O)N4CCCC4)C3)C2=O)c1. The van der Waals surface area contributed by atoms with Gasteiger partial charge in [-0.1, -0.05) is 12.1 Å². The number of carbonyl (C=O) groups excluding carboxylic acids is 2. The highest BCUT2D eigenvalue weighted by Gasteiger charge is 2.52. The van der Waals surface area contributed by atoms with E-state index in [0.717, 1.165) is 56.6 Å². The number of carbonyl (C=O) groups is 2. The second kappa shape index (κ2) is 6.82. The number of methoxy groups -OCH3 is 1. The summed E-state index contributed by atoms with van der Waals surface area (Å²) in [7, 11) is 1.65. The van der Waals surface area contributed by atoms with Gasteiger partial charge in [0.15, 0.2) is 0 Å². The standard InChI is InChI=1S/C20H27N3O3/c1-26-17-6-4-5-16(13-17)14-22-11-7-20(18(22)24)8-12-23(15-20)19(25)21-9-2-3-10-21/h4-6,13H,2-3,7-12,14-15H2,1H3/t20-/m0/s1. The van der Waals surface area contributed by atoms with E-state index in [1.807, 2.05) is 39.0 Å². The number of hydrogen-bond acceptors (Lipinski definition) is 3. The molecule has 1 aromatic carbocycles. The van der Waals surface area contributed by atoms with Crippen molar-refractivity contribution in [2.24, 2.45) is 5.41 Å². The van der Waals surface area contributed by atoms with E-state index < -0.39 is 0 Å². The van der Waals surface area contributed by atoms with Gasteiger partial charge in [-0.2, -0.15) is 0 Å². The van der Waals surface area contributed by atoms with Crippen LogP contribution in [-0.2, 0) is 11.3 Å². The minimum atomic E-state index is -0.367. The van der Waals surface area contributed by atoms with Crippen molar-refractivity contribution in [2.45, 2.75) is 32.2 Å². The zero-order valence-electron chi connectivity index (χ0n) is 15.4. The number of nitrogens with zero attached hydrogens (tertiary/aromatic N) is 3. The molecule has 0 aliphatic carbocycles. The Bertz CT molecular complexity index is 701. The summed E-state index contributed by atoms with van der Waals surface area (Å²) in [6, 6.07) is 8.00. The largest absolute Gasteiger partial charge is 0.497 e. The van der Waals surface area contributed by atoms with Crippen LogP contribution in [0.15, 0.2) is 24.3 Å². The zero-order chi connectivity index (χ0) is 18.1. The predicted octanol–water partition coefficient (Wildman–Crippen LogP) is 2.34. The molecular formula is C20H27N3O3. The molecular weight excluding hydrogens is 330 g/mol. The molecule has 4 rings (SSSR count). The maximum absolute atomic E-state index is 13.1. The van der Waals surface area contributed by atoms with Gasteiger partial charge < -0.3 is 19.4 Å². The van der Waals surface area contributed by atoms with Gasteiger partial charge in [0.25, 0.3) is 0 Å². The Labute approximate surface area is 154 Å². The Morgan fingerprint density at radius 2 is 1.88 bits per heavy atom. The van der Waals surface area contributed by atoms with Crippen molar-refractivity contribution in [3.05, 3.63) is 29.8 Å². The first-order valence-corrected chi connectivity index (χ1v) is 9.57. The molecule has 3 heterocycles. The second-order valence-corrected chi connectivity index (χ2v) is 7.76.